The SMILES string of the molecule is CCCCC(C)(NC(C)CC)C(=O)NCC. The van der Waals surface area contributed by atoms with Crippen molar-refractivity contribution in [3.05, 3.63) is 0 Å². The Kier molecular flexibility index (Phi) is 7.39. The molecule has 0 aliphatic rings. The third kappa shape index (κ3) is 4.97. The topological polar surface area (TPSA) is 41.1 Å². The van der Waals surface area contributed by atoms with Gasteiger partial charge >= 0.3 is 0 Å². The first-order valence-electron chi connectivity index (χ1n) is 6.56. The smallest absolute Gasteiger partial charge is 0.240 e. The summed E-state index contributed by atoms with van der Waals surface area (Å²) in [6.07, 6.45) is 4.15. The van der Waals surface area contributed by atoms with Crippen molar-refractivity contribution in [1.82, 2.24) is 10.6 Å². The van der Waals surface area contributed by atoms with Gasteiger partial charge in [-0.15, -0.1) is 0 Å². The van der Waals surface area contributed by atoms with Gasteiger partial charge in [-0.2, -0.15) is 0 Å². The fraction of sp³-hybridized carbons (Fsp3) is 0.923. The van der Waals surface area contributed by atoms with Crippen LogP contribution in [0.2, 0.25) is 0 Å². The fourth-order valence-corrected chi connectivity index (χ4v) is 1.78. The van der Waals surface area contributed by atoms with Gasteiger partial charge in [0.05, 0.1) is 5.54 Å². The molecular weight excluding hydrogens is 200 g/mol. The molecule has 0 aromatic heterocycles. The molecule has 0 saturated heterocycles. The molecule has 2 atom stereocenters. The predicted octanol–water partition coefficient (Wildman–Crippen LogP) is 2.46. The van der Waals surface area contributed by atoms with E-state index < -0.39 is 5.54 Å². The second-order valence-electron chi connectivity index (χ2n) is 4.75. The molecule has 0 aromatic carbocycles. The number of amides is 1. The molecule has 2 N–H and O–H groups in total. The Bertz CT molecular complexity index is 206. The second kappa shape index (κ2) is 7.66. The number of carbonyl (C=O) groups excluding carboxylic acids is 1. The van der Waals surface area contributed by atoms with Crippen molar-refractivity contribution < 1.29 is 4.79 Å². The van der Waals surface area contributed by atoms with Crippen LogP contribution in [0.4, 0.5) is 0 Å². The minimum absolute atomic E-state index is 0.128. The van der Waals surface area contributed by atoms with E-state index in [-0.39, 0.29) is 5.91 Å². The minimum Gasteiger partial charge on any atom is -0.355 e. The van der Waals surface area contributed by atoms with Crippen LogP contribution in [0, 0.1) is 0 Å². The highest BCUT2D eigenvalue weighted by molar-refractivity contribution is 5.85. The van der Waals surface area contributed by atoms with Crippen LogP contribution in [0.25, 0.3) is 0 Å². The molecule has 0 aliphatic heterocycles. The first-order valence-corrected chi connectivity index (χ1v) is 6.56. The van der Waals surface area contributed by atoms with E-state index in [1.54, 1.807) is 0 Å². The molecule has 0 heterocycles. The van der Waals surface area contributed by atoms with E-state index in [0.717, 1.165) is 25.7 Å². The first kappa shape index (κ1) is 15.4. The van der Waals surface area contributed by atoms with E-state index >= 15 is 0 Å². The lowest BCUT2D eigenvalue weighted by molar-refractivity contribution is -0.127. The Balaban J connectivity index is 4.52. The molecule has 0 radical (unpaired) electrons. The summed E-state index contributed by atoms with van der Waals surface area (Å²) in [5, 5.41) is 6.37. The number of hydrogen-bond donors (Lipinski definition) is 2. The summed E-state index contributed by atoms with van der Waals surface area (Å²) in [7, 11) is 0. The highest BCUT2D eigenvalue weighted by Crippen LogP contribution is 2.16. The highest BCUT2D eigenvalue weighted by atomic mass is 16.2. The van der Waals surface area contributed by atoms with Gasteiger partial charge in [0, 0.05) is 12.6 Å². The van der Waals surface area contributed by atoms with Crippen LogP contribution in [0.1, 0.15) is 60.3 Å². The van der Waals surface area contributed by atoms with Gasteiger partial charge in [0.15, 0.2) is 0 Å². The molecule has 3 heteroatoms. The molecule has 0 fully saturated rings. The van der Waals surface area contributed by atoms with Gasteiger partial charge in [-0.05, 0) is 33.6 Å². The lowest BCUT2D eigenvalue weighted by Crippen LogP contribution is -2.57. The second-order valence-corrected chi connectivity index (χ2v) is 4.75. The third-order valence-electron chi connectivity index (χ3n) is 3.05. The molecule has 3 nitrogen and oxygen atoms in total. The molecule has 16 heavy (non-hydrogen) atoms. The van der Waals surface area contributed by atoms with Gasteiger partial charge in [0.25, 0.3) is 0 Å². The Morgan fingerprint density at radius 2 is 1.94 bits per heavy atom. The zero-order valence-electron chi connectivity index (χ0n) is 11.5. The summed E-state index contributed by atoms with van der Waals surface area (Å²) in [5.41, 5.74) is -0.415. The van der Waals surface area contributed by atoms with E-state index in [0.29, 0.717) is 12.6 Å². The van der Waals surface area contributed by atoms with Crippen molar-refractivity contribution >= 4 is 5.91 Å². The van der Waals surface area contributed by atoms with E-state index in [1.165, 1.54) is 0 Å². The van der Waals surface area contributed by atoms with Crippen LogP contribution in [0.5, 0.6) is 0 Å². The number of likely N-dealkylation sites (N-methyl/N-ethyl adjacent to an activating group) is 1. The highest BCUT2D eigenvalue weighted by Gasteiger charge is 2.32. The number of rotatable bonds is 8. The summed E-state index contributed by atoms with van der Waals surface area (Å²) in [4.78, 5) is 12.0. The maximum atomic E-state index is 12.0. The summed E-state index contributed by atoms with van der Waals surface area (Å²) >= 11 is 0. The van der Waals surface area contributed by atoms with Crippen molar-refractivity contribution in [3.63, 3.8) is 0 Å². The quantitative estimate of drug-likeness (QED) is 0.670. The summed E-state index contributed by atoms with van der Waals surface area (Å²) < 4.78 is 0. The van der Waals surface area contributed by atoms with Gasteiger partial charge in [0.1, 0.15) is 0 Å². The molecule has 0 aliphatic carbocycles. The Morgan fingerprint density at radius 1 is 1.31 bits per heavy atom. The van der Waals surface area contributed by atoms with Crippen LogP contribution in [0.15, 0.2) is 0 Å². The normalized spacial score (nSPS) is 16.6. The van der Waals surface area contributed by atoms with Crippen LogP contribution in [0.3, 0.4) is 0 Å². The maximum Gasteiger partial charge on any atom is 0.240 e. The fourth-order valence-electron chi connectivity index (χ4n) is 1.78. The lowest BCUT2D eigenvalue weighted by atomic mass is 9.92. The van der Waals surface area contributed by atoms with Gasteiger partial charge < -0.3 is 10.6 Å². The maximum absolute atomic E-state index is 12.0. The van der Waals surface area contributed by atoms with E-state index in [2.05, 4.69) is 31.4 Å². The molecule has 0 aromatic rings. The van der Waals surface area contributed by atoms with Crippen LogP contribution in [-0.4, -0.2) is 24.0 Å². The molecule has 0 spiro atoms. The zero-order chi connectivity index (χ0) is 12.6. The Morgan fingerprint density at radius 3 is 2.38 bits per heavy atom. The van der Waals surface area contributed by atoms with Crippen molar-refractivity contribution in [2.45, 2.75) is 71.9 Å². The number of carbonyl (C=O) groups is 1. The van der Waals surface area contributed by atoms with Gasteiger partial charge in [0.2, 0.25) is 5.91 Å². The Hall–Kier alpha value is -0.570. The minimum atomic E-state index is -0.415. The third-order valence-corrected chi connectivity index (χ3v) is 3.05. The molecule has 1 amide bonds. The molecule has 96 valence electrons. The van der Waals surface area contributed by atoms with Crippen LogP contribution >= 0.6 is 0 Å². The zero-order valence-corrected chi connectivity index (χ0v) is 11.5. The molecule has 0 saturated carbocycles. The average Bonchev–Trinajstić information content (AvgIpc) is 2.26. The summed E-state index contributed by atoms with van der Waals surface area (Å²) in [6.45, 7) is 11.1. The monoisotopic (exact) mass is 228 g/mol. The largest absolute Gasteiger partial charge is 0.355 e. The van der Waals surface area contributed by atoms with Crippen LogP contribution in [-0.2, 0) is 4.79 Å². The van der Waals surface area contributed by atoms with Crippen molar-refractivity contribution in [3.8, 4) is 0 Å². The molecular formula is C13H28N2O. The number of unbranched alkanes of at least 4 members (excludes halogenated alkanes) is 1. The summed E-state index contributed by atoms with van der Waals surface area (Å²) in [6, 6.07) is 0.379. The average molecular weight is 228 g/mol. The van der Waals surface area contributed by atoms with E-state index in [4.69, 9.17) is 0 Å². The first-order chi connectivity index (χ1) is 7.50. The lowest BCUT2D eigenvalue weighted by Gasteiger charge is -2.32. The van der Waals surface area contributed by atoms with E-state index in [9.17, 15) is 4.79 Å². The van der Waals surface area contributed by atoms with Crippen molar-refractivity contribution in [2.24, 2.45) is 0 Å². The van der Waals surface area contributed by atoms with E-state index in [1.807, 2.05) is 13.8 Å². The van der Waals surface area contributed by atoms with Gasteiger partial charge in [-0.3, -0.25) is 4.79 Å². The van der Waals surface area contributed by atoms with Crippen molar-refractivity contribution in [2.75, 3.05) is 6.54 Å². The van der Waals surface area contributed by atoms with Gasteiger partial charge in [-0.25, -0.2) is 0 Å². The molecule has 2 unspecified atom stereocenters. The predicted molar refractivity (Wildman–Crippen MR) is 69.5 cm³/mol. The molecule has 0 rings (SSSR count). The number of hydrogen-bond acceptors (Lipinski definition) is 2. The molecule has 0 bridgehead atoms. The standard InChI is InChI=1S/C13H28N2O/c1-6-9-10-13(5,12(16)14-8-3)15-11(4)7-2/h11,15H,6-10H2,1-5H3,(H,14,16). The number of nitrogens with one attached hydrogen (secondary N) is 2. The van der Waals surface area contributed by atoms with Crippen LogP contribution < -0.4 is 10.6 Å². The Labute approximate surface area is 100 Å². The van der Waals surface area contributed by atoms with Gasteiger partial charge in [-0.1, -0.05) is 26.7 Å². The van der Waals surface area contributed by atoms with Crippen molar-refractivity contribution in [1.29, 1.82) is 0 Å². The summed E-state index contributed by atoms with van der Waals surface area (Å²) in [5.74, 6) is 0.128.